The van der Waals surface area contributed by atoms with Gasteiger partial charge in [0.1, 0.15) is 0 Å². The summed E-state index contributed by atoms with van der Waals surface area (Å²) in [6.45, 7) is 4.50. The lowest BCUT2D eigenvalue weighted by Crippen LogP contribution is -2.14. The van der Waals surface area contributed by atoms with Crippen molar-refractivity contribution in [1.82, 2.24) is 0 Å². The van der Waals surface area contributed by atoms with Gasteiger partial charge in [0.15, 0.2) is 0 Å². The lowest BCUT2D eigenvalue weighted by atomic mass is 10.0. The lowest BCUT2D eigenvalue weighted by Gasteiger charge is -2.15. The fourth-order valence-corrected chi connectivity index (χ4v) is 3.47. The number of hydrogen-bond acceptors (Lipinski definition) is 2. The molecule has 0 saturated carbocycles. The Bertz CT molecular complexity index is 476. The Labute approximate surface area is 178 Å². The highest BCUT2D eigenvalue weighted by molar-refractivity contribution is 6.67. The molecule has 0 saturated heterocycles. The van der Waals surface area contributed by atoms with Crippen molar-refractivity contribution in [3.05, 3.63) is 29.8 Å². The average Bonchev–Trinajstić information content (AvgIpc) is 2.63. The van der Waals surface area contributed by atoms with Crippen molar-refractivity contribution < 1.29 is 4.79 Å². The molecule has 4 heteroatoms. The molecule has 156 valence electrons. The molecule has 0 aromatic heterocycles. The third kappa shape index (κ3) is 14.0. The third-order valence-corrected chi connectivity index (χ3v) is 5.23. The summed E-state index contributed by atoms with van der Waals surface area (Å²) < 4.78 is 0. The van der Waals surface area contributed by atoms with E-state index >= 15 is 0 Å². The van der Waals surface area contributed by atoms with Gasteiger partial charge in [0.05, 0.1) is 0 Å². The minimum Gasteiger partial charge on any atom is -0.383 e. The van der Waals surface area contributed by atoms with E-state index in [0.29, 0.717) is 11.6 Å². The van der Waals surface area contributed by atoms with E-state index in [2.05, 4.69) is 19.2 Å². The molecule has 1 unspecified atom stereocenters. The van der Waals surface area contributed by atoms with Crippen molar-refractivity contribution in [2.75, 3.05) is 5.32 Å². The van der Waals surface area contributed by atoms with Gasteiger partial charge in [-0.05, 0) is 49.2 Å². The first-order valence-electron chi connectivity index (χ1n) is 10.7. The average molecular weight is 416 g/mol. The first-order chi connectivity index (χ1) is 12.6. The molecular weight excluding hydrogens is 377 g/mol. The van der Waals surface area contributed by atoms with E-state index in [4.69, 9.17) is 11.6 Å². The summed E-state index contributed by atoms with van der Waals surface area (Å²) in [4.78, 5) is 11.1. The predicted molar refractivity (Wildman–Crippen MR) is 123 cm³/mol. The van der Waals surface area contributed by atoms with Crippen molar-refractivity contribution in [2.45, 2.75) is 103 Å². The minimum absolute atomic E-state index is 0. The predicted octanol–water partition coefficient (Wildman–Crippen LogP) is 8.38. The SMILES string of the molecule is CCCCCCCCCCCCCCC(C)Nc1ccc(C(=O)Cl)cc1.Cl. The summed E-state index contributed by atoms with van der Waals surface area (Å²) in [6, 6.07) is 7.85. The maximum Gasteiger partial charge on any atom is 0.252 e. The molecule has 27 heavy (non-hydrogen) atoms. The third-order valence-electron chi connectivity index (χ3n) is 5.02. The molecular formula is C23H39Cl2NO. The molecule has 0 spiro atoms. The number of benzene rings is 1. The monoisotopic (exact) mass is 415 g/mol. The molecule has 1 aromatic carbocycles. The Hall–Kier alpha value is -0.730. The molecule has 1 rings (SSSR count). The van der Waals surface area contributed by atoms with Gasteiger partial charge in [-0.15, -0.1) is 12.4 Å². The smallest absolute Gasteiger partial charge is 0.252 e. The molecule has 0 aliphatic heterocycles. The van der Waals surface area contributed by atoms with Crippen molar-refractivity contribution in [1.29, 1.82) is 0 Å². The molecule has 0 aliphatic carbocycles. The Morgan fingerprint density at radius 3 is 1.74 bits per heavy atom. The van der Waals surface area contributed by atoms with E-state index in [9.17, 15) is 4.79 Å². The van der Waals surface area contributed by atoms with E-state index < -0.39 is 5.24 Å². The summed E-state index contributed by atoms with van der Waals surface area (Å²) in [5.41, 5.74) is 1.60. The Morgan fingerprint density at radius 1 is 0.852 bits per heavy atom. The molecule has 0 radical (unpaired) electrons. The van der Waals surface area contributed by atoms with E-state index in [1.807, 2.05) is 12.1 Å². The maximum atomic E-state index is 11.1. The standard InChI is InChI=1S/C23H38ClNO.ClH/c1-3-4-5-6-7-8-9-10-11-12-13-14-15-20(2)25-22-18-16-21(17-19-22)23(24)26;/h16-20,25H,3-15H2,1-2H3;1H. The number of carbonyl (C=O) groups excluding carboxylic acids is 1. The van der Waals surface area contributed by atoms with Gasteiger partial charge in [0.2, 0.25) is 0 Å². The maximum absolute atomic E-state index is 11.1. The topological polar surface area (TPSA) is 29.1 Å². The number of unbranched alkanes of at least 4 members (excludes halogenated alkanes) is 11. The van der Waals surface area contributed by atoms with Crippen LogP contribution in [-0.4, -0.2) is 11.3 Å². The second-order valence-electron chi connectivity index (χ2n) is 7.57. The summed E-state index contributed by atoms with van der Waals surface area (Å²) in [5, 5.41) is 3.09. The number of hydrogen-bond donors (Lipinski definition) is 1. The van der Waals surface area contributed by atoms with Crippen LogP contribution in [0, 0.1) is 0 Å². The summed E-state index contributed by atoms with van der Waals surface area (Å²) in [7, 11) is 0. The summed E-state index contributed by atoms with van der Waals surface area (Å²) >= 11 is 5.47. The molecule has 1 aromatic rings. The summed E-state index contributed by atoms with van der Waals surface area (Å²) in [6.07, 6.45) is 17.9. The highest BCUT2D eigenvalue weighted by atomic mass is 35.5. The van der Waals surface area contributed by atoms with E-state index in [-0.39, 0.29) is 12.4 Å². The van der Waals surface area contributed by atoms with Crippen LogP contribution in [-0.2, 0) is 0 Å². The van der Waals surface area contributed by atoms with E-state index in [0.717, 1.165) is 5.69 Å². The van der Waals surface area contributed by atoms with Crippen LogP contribution in [0.3, 0.4) is 0 Å². The Kier molecular flexibility index (Phi) is 16.9. The molecule has 0 aliphatic rings. The zero-order valence-corrected chi connectivity index (χ0v) is 18.8. The van der Waals surface area contributed by atoms with E-state index in [1.54, 1.807) is 12.1 Å². The largest absolute Gasteiger partial charge is 0.383 e. The fraction of sp³-hybridized carbons (Fsp3) is 0.696. The van der Waals surface area contributed by atoms with Gasteiger partial charge in [-0.2, -0.15) is 0 Å². The molecule has 2 nitrogen and oxygen atoms in total. The number of nitrogens with one attached hydrogen (secondary N) is 1. The van der Waals surface area contributed by atoms with Crippen LogP contribution in [0.2, 0.25) is 0 Å². The zero-order chi connectivity index (χ0) is 19.0. The van der Waals surface area contributed by atoms with Gasteiger partial charge in [-0.25, -0.2) is 0 Å². The molecule has 1 atom stereocenters. The molecule has 0 amide bonds. The van der Waals surface area contributed by atoms with Crippen LogP contribution >= 0.6 is 24.0 Å². The van der Waals surface area contributed by atoms with Crippen LogP contribution < -0.4 is 5.32 Å². The normalized spacial score (nSPS) is 11.7. The van der Waals surface area contributed by atoms with E-state index in [1.165, 1.54) is 83.5 Å². The molecule has 0 bridgehead atoms. The quantitative estimate of drug-likeness (QED) is 0.217. The second kappa shape index (κ2) is 17.4. The summed E-state index contributed by atoms with van der Waals surface area (Å²) in [5.74, 6) is 0. The van der Waals surface area contributed by atoms with Gasteiger partial charge in [-0.3, -0.25) is 4.79 Å². The van der Waals surface area contributed by atoms with Gasteiger partial charge in [-0.1, -0.05) is 84.0 Å². The van der Waals surface area contributed by atoms with Crippen molar-refractivity contribution >= 4 is 34.9 Å². The Morgan fingerprint density at radius 2 is 1.30 bits per heavy atom. The van der Waals surface area contributed by atoms with Gasteiger partial charge >= 0.3 is 0 Å². The van der Waals surface area contributed by atoms with Gasteiger partial charge in [0, 0.05) is 17.3 Å². The number of anilines is 1. The van der Waals surface area contributed by atoms with Crippen LogP contribution in [0.5, 0.6) is 0 Å². The first kappa shape index (κ1) is 26.3. The molecule has 1 N–H and O–H groups in total. The first-order valence-corrected chi connectivity index (χ1v) is 11.1. The highest BCUT2D eigenvalue weighted by Gasteiger charge is 2.04. The molecule has 0 heterocycles. The van der Waals surface area contributed by atoms with Gasteiger partial charge in [0.25, 0.3) is 5.24 Å². The minimum atomic E-state index is -0.402. The Balaban J connectivity index is 0.00000676. The van der Waals surface area contributed by atoms with Crippen molar-refractivity contribution in [2.24, 2.45) is 0 Å². The van der Waals surface area contributed by atoms with Crippen LogP contribution in [0.15, 0.2) is 24.3 Å². The van der Waals surface area contributed by atoms with Crippen molar-refractivity contribution in [3.8, 4) is 0 Å². The zero-order valence-electron chi connectivity index (χ0n) is 17.3. The second-order valence-corrected chi connectivity index (χ2v) is 7.92. The lowest BCUT2D eigenvalue weighted by molar-refractivity contribution is 0.108. The highest BCUT2D eigenvalue weighted by Crippen LogP contribution is 2.16. The fourth-order valence-electron chi connectivity index (χ4n) is 3.35. The van der Waals surface area contributed by atoms with Crippen LogP contribution in [0.25, 0.3) is 0 Å². The van der Waals surface area contributed by atoms with Crippen LogP contribution in [0.1, 0.15) is 108 Å². The van der Waals surface area contributed by atoms with Crippen LogP contribution in [0.4, 0.5) is 5.69 Å². The van der Waals surface area contributed by atoms with Gasteiger partial charge < -0.3 is 5.32 Å². The molecule has 0 fully saturated rings. The number of halogens is 2. The van der Waals surface area contributed by atoms with Crippen molar-refractivity contribution in [3.63, 3.8) is 0 Å². The number of rotatable bonds is 16. The number of carbonyl (C=O) groups is 1.